The molecule has 0 aromatic carbocycles. The van der Waals surface area contributed by atoms with Crippen molar-refractivity contribution in [2.45, 2.75) is 38.6 Å². The van der Waals surface area contributed by atoms with E-state index in [1.54, 1.807) is 5.38 Å². The van der Waals surface area contributed by atoms with Crippen LogP contribution in [0.5, 0.6) is 0 Å². The lowest BCUT2D eigenvalue weighted by atomic mass is 9.98. The molecule has 1 aromatic rings. The molecule has 1 unspecified atom stereocenters. The molecule has 1 aromatic heterocycles. The first-order valence-corrected chi connectivity index (χ1v) is 6.88. The third-order valence-corrected chi connectivity index (χ3v) is 4.28. The normalized spacial score (nSPS) is 21.9. The van der Waals surface area contributed by atoms with Crippen LogP contribution in [0.4, 0.5) is 0 Å². The van der Waals surface area contributed by atoms with Crippen LogP contribution in [-0.4, -0.2) is 40.1 Å². The van der Waals surface area contributed by atoms with E-state index < -0.39 is 5.97 Å². The summed E-state index contributed by atoms with van der Waals surface area (Å²) in [6.45, 7) is 6.55. The van der Waals surface area contributed by atoms with Crippen molar-refractivity contribution in [3.8, 4) is 0 Å². The topological polar surface area (TPSA) is 53.4 Å². The number of rotatable bonds is 3. The molecule has 0 aliphatic carbocycles. The molecule has 0 bridgehead atoms. The van der Waals surface area contributed by atoms with E-state index in [0.29, 0.717) is 12.0 Å². The standard InChI is InChI=1S/C12H18N2O2S/c1-8(2)14-5-3-4-9(6-14)11-13-10(7-17-11)12(15)16/h7-9H,3-6H2,1-2H3,(H,15,16). The summed E-state index contributed by atoms with van der Waals surface area (Å²) in [5.41, 5.74) is 0.187. The molecule has 2 rings (SSSR count). The van der Waals surface area contributed by atoms with Gasteiger partial charge in [-0.15, -0.1) is 11.3 Å². The zero-order chi connectivity index (χ0) is 12.4. The van der Waals surface area contributed by atoms with Gasteiger partial charge in [-0.05, 0) is 33.2 Å². The van der Waals surface area contributed by atoms with E-state index in [2.05, 4.69) is 23.7 Å². The summed E-state index contributed by atoms with van der Waals surface area (Å²) in [6.07, 6.45) is 2.29. The van der Waals surface area contributed by atoms with Gasteiger partial charge in [0.15, 0.2) is 5.69 Å². The Morgan fingerprint density at radius 2 is 2.41 bits per heavy atom. The molecule has 1 saturated heterocycles. The first-order valence-electron chi connectivity index (χ1n) is 6.00. The lowest BCUT2D eigenvalue weighted by molar-refractivity contribution is 0.0691. The fourth-order valence-corrected chi connectivity index (χ4v) is 3.17. The Balaban J connectivity index is 2.08. The van der Waals surface area contributed by atoms with Crippen molar-refractivity contribution < 1.29 is 9.90 Å². The summed E-state index contributed by atoms with van der Waals surface area (Å²) in [6, 6.07) is 0.553. The number of thiazole rings is 1. The summed E-state index contributed by atoms with van der Waals surface area (Å²) in [7, 11) is 0. The van der Waals surface area contributed by atoms with Gasteiger partial charge >= 0.3 is 5.97 Å². The molecule has 1 atom stereocenters. The third kappa shape index (κ3) is 2.84. The van der Waals surface area contributed by atoms with Gasteiger partial charge in [0, 0.05) is 23.9 Å². The van der Waals surface area contributed by atoms with Crippen molar-refractivity contribution in [1.82, 2.24) is 9.88 Å². The van der Waals surface area contributed by atoms with Gasteiger partial charge in [0.1, 0.15) is 0 Å². The molecule has 1 aliphatic heterocycles. The summed E-state index contributed by atoms with van der Waals surface area (Å²) in [5, 5.41) is 11.5. The highest BCUT2D eigenvalue weighted by Gasteiger charge is 2.25. The van der Waals surface area contributed by atoms with E-state index in [1.165, 1.54) is 17.8 Å². The molecule has 2 heterocycles. The SMILES string of the molecule is CC(C)N1CCCC(c2nc(C(=O)O)cs2)C1. The second-order valence-electron chi connectivity index (χ2n) is 4.80. The number of piperidine rings is 1. The molecule has 1 N–H and O–H groups in total. The number of aromatic nitrogens is 1. The van der Waals surface area contributed by atoms with Crippen molar-refractivity contribution >= 4 is 17.3 Å². The van der Waals surface area contributed by atoms with Gasteiger partial charge in [0.2, 0.25) is 0 Å². The molecule has 1 fully saturated rings. The second kappa shape index (κ2) is 5.14. The smallest absolute Gasteiger partial charge is 0.355 e. The minimum atomic E-state index is -0.927. The predicted molar refractivity (Wildman–Crippen MR) is 67.8 cm³/mol. The number of hydrogen-bond acceptors (Lipinski definition) is 4. The molecular weight excluding hydrogens is 236 g/mol. The third-order valence-electron chi connectivity index (χ3n) is 3.27. The molecule has 94 valence electrons. The molecule has 0 radical (unpaired) electrons. The maximum atomic E-state index is 10.8. The average Bonchev–Trinajstić information content (AvgIpc) is 2.78. The van der Waals surface area contributed by atoms with Crippen LogP contribution < -0.4 is 0 Å². The van der Waals surface area contributed by atoms with Crippen LogP contribution >= 0.6 is 11.3 Å². The van der Waals surface area contributed by atoms with E-state index >= 15 is 0 Å². The predicted octanol–water partition coefficient (Wildman–Crippen LogP) is 2.43. The lowest BCUT2D eigenvalue weighted by Crippen LogP contribution is -2.39. The Morgan fingerprint density at radius 3 is 3.00 bits per heavy atom. The maximum Gasteiger partial charge on any atom is 0.355 e. The highest BCUT2D eigenvalue weighted by molar-refractivity contribution is 7.09. The van der Waals surface area contributed by atoms with E-state index in [4.69, 9.17) is 5.11 Å². The monoisotopic (exact) mass is 254 g/mol. The molecule has 0 amide bonds. The van der Waals surface area contributed by atoms with Crippen LogP contribution in [0, 0.1) is 0 Å². The molecular formula is C12H18N2O2S. The van der Waals surface area contributed by atoms with E-state index in [1.807, 2.05) is 0 Å². The van der Waals surface area contributed by atoms with Crippen LogP contribution in [0.1, 0.15) is 48.1 Å². The number of carboxylic acid groups (broad SMARTS) is 1. The fourth-order valence-electron chi connectivity index (χ4n) is 2.25. The van der Waals surface area contributed by atoms with Gasteiger partial charge in [-0.3, -0.25) is 0 Å². The minimum absolute atomic E-state index is 0.187. The van der Waals surface area contributed by atoms with Crippen molar-refractivity contribution in [2.24, 2.45) is 0 Å². The molecule has 0 spiro atoms. The fraction of sp³-hybridized carbons (Fsp3) is 0.667. The average molecular weight is 254 g/mol. The Labute approximate surface area is 105 Å². The van der Waals surface area contributed by atoms with E-state index in [0.717, 1.165) is 24.5 Å². The summed E-state index contributed by atoms with van der Waals surface area (Å²) in [4.78, 5) is 17.5. The molecule has 17 heavy (non-hydrogen) atoms. The molecule has 0 saturated carbocycles. The number of carbonyl (C=O) groups is 1. The second-order valence-corrected chi connectivity index (χ2v) is 5.69. The zero-order valence-electron chi connectivity index (χ0n) is 10.2. The zero-order valence-corrected chi connectivity index (χ0v) is 11.0. The van der Waals surface area contributed by atoms with Crippen molar-refractivity contribution in [2.75, 3.05) is 13.1 Å². The lowest BCUT2D eigenvalue weighted by Gasteiger charge is -2.34. The van der Waals surface area contributed by atoms with Crippen molar-refractivity contribution in [3.05, 3.63) is 16.1 Å². The van der Waals surface area contributed by atoms with Gasteiger partial charge in [-0.1, -0.05) is 0 Å². The quantitative estimate of drug-likeness (QED) is 0.900. The van der Waals surface area contributed by atoms with Crippen molar-refractivity contribution in [1.29, 1.82) is 0 Å². The van der Waals surface area contributed by atoms with Gasteiger partial charge in [0.05, 0.1) is 5.01 Å². The molecule has 5 heteroatoms. The number of aromatic carboxylic acids is 1. The van der Waals surface area contributed by atoms with Crippen LogP contribution in [0.25, 0.3) is 0 Å². The Kier molecular flexibility index (Phi) is 3.79. The van der Waals surface area contributed by atoms with E-state index in [9.17, 15) is 4.79 Å². The minimum Gasteiger partial charge on any atom is -0.476 e. The largest absolute Gasteiger partial charge is 0.476 e. The van der Waals surface area contributed by atoms with Crippen LogP contribution in [0.2, 0.25) is 0 Å². The maximum absolute atomic E-state index is 10.8. The summed E-state index contributed by atoms with van der Waals surface area (Å²) in [5.74, 6) is -0.520. The number of likely N-dealkylation sites (tertiary alicyclic amines) is 1. The van der Waals surface area contributed by atoms with Crippen LogP contribution in [-0.2, 0) is 0 Å². The number of hydrogen-bond donors (Lipinski definition) is 1. The molecule has 1 aliphatic rings. The Bertz CT molecular complexity index is 403. The van der Waals surface area contributed by atoms with Crippen LogP contribution in [0.15, 0.2) is 5.38 Å². The first-order chi connectivity index (χ1) is 8.08. The Morgan fingerprint density at radius 1 is 1.65 bits per heavy atom. The van der Waals surface area contributed by atoms with E-state index in [-0.39, 0.29) is 5.69 Å². The first kappa shape index (κ1) is 12.5. The van der Waals surface area contributed by atoms with Gasteiger partial charge in [0.25, 0.3) is 0 Å². The number of carboxylic acids is 1. The molecule has 4 nitrogen and oxygen atoms in total. The van der Waals surface area contributed by atoms with Crippen molar-refractivity contribution in [3.63, 3.8) is 0 Å². The number of nitrogens with zero attached hydrogens (tertiary/aromatic N) is 2. The summed E-state index contributed by atoms with van der Waals surface area (Å²) >= 11 is 1.48. The van der Waals surface area contributed by atoms with Gasteiger partial charge in [-0.25, -0.2) is 9.78 Å². The summed E-state index contributed by atoms with van der Waals surface area (Å²) < 4.78 is 0. The Hall–Kier alpha value is -0.940. The van der Waals surface area contributed by atoms with Gasteiger partial charge in [-0.2, -0.15) is 0 Å². The van der Waals surface area contributed by atoms with Gasteiger partial charge < -0.3 is 10.0 Å². The highest BCUT2D eigenvalue weighted by Crippen LogP contribution is 2.29. The van der Waals surface area contributed by atoms with Crippen LogP contribution in [0.3, 0.4) is 0 Å². The highest BCUT2D eigenvalue weighted by atomic mass is 32.1.